The molecule has 0 spiro atoms. The zero-order valence-electron chi connectivity index (χ0n) is 11.1. The summed E-state index contributed by atoms with van der Waals surface area (Å²) in [5.74, 6) is 4.98. The zero-order valence-corrected chi connectivity index (χ0v) is 11.9. The third-order valence-corrected chi connectivity index (χ3v) is 4.55. The van der Waals surface area contributed by atoms with Crippen molar-refractivity contribution in [2.45, 2.75) is 18.2 Å². The highest BCUT2D eigenvalue weighted by Gasteiger charge is 2.25. The summed E-state index contributed by atoms with van der Waals surface area (Å²) in [7, 11) is -2.89. The number of rotatable bonds is 4. The van der Waals surface area contributed by atoms with Crippen LogP contribution in [0, 0.1) is 18.8 Å². The molecule has 0 fully saturated rings. The van der Waals surface area contributed by atoms with Gasteiger partial charge in [-0.25, -0.2) is 17.2 Å². The summed E-state index contributed by atoms with van der Waals surface area (Å²) in [4.78, 5) is -0.0645. The highest BCUT2D eigenvalue weighted by Crippen LogP contribution is 2.20. The van der Waals surface area contributed by atoms with E-state index in [4.69, 9.17) is 5.11 Å². The van der Waals surface area contributed by atoms with E-state index in [9.17, 15) is 17.2 Å². The largest absolute Gasteiger partial charge is 0.384 e. The maximum absolute atomic E-state index is 12.3. The Kier molecular flexibility index (Phi) is 5.62. The van der Waals surface area contributed by atoms with E-state index >= 15 is 0 Å². The first kappa shape index (κ1) is 16.6. The van der Waals surface area contributed by atoms with Crippen molar-refractivity contribution in [3.05, 3.63) is 29.3 Å². The molecule has 20 heavy (non-hydrogen) atoms. The fraction of sp³-hybridized carbons (Fsp3) is 0.385. The van der Waals surface area contributed by atoms with E-state index in [-0.39, 0.29) is 11.5 Å². The maximum Gasteiger partial charge on any atom is 0.252 e. The average Bonchev–Trinajstić information content (AvgIpc) is 2.36. The van der Waals surface area contributed by atoms with Crippen molar-refractivity contribution < 1.29 is 22.3 Å². The summed E-state index contributed by atoms with van der Waals surface area (Å²) < 4.78 is 49.7. The lowest BCUT2D eigenvalue weighted by Gasteiger charge is -2.18. The van der Waals surface area contributed by atoms with Gasteiger partial charge in [0.15, 0.2) is 0 Å². The third kappa shape index (κ3) is 4.00. The molecule has 1 rings (SSSR count). The van der Waals surface area contributed by atoms with Crippen LogP contribution in [0.15, 0.2) is 23.1 Å². The van der Waals surface area contributed by atoms with Gasteiger partial charge in [0.05, 0.1) is 11.4 Å². The molecule has 1 N–H and O–H groups in total. The Morgan fingerprint density at radius 2 is 2.05 bits per heavy atom. The summed E-state index contributed by atoms with van der Waals surface area (Å²) in [5, 5.41) is 8.62. The summed E-state index contributed by atoms with van der Waals surface area (Å²) in [6.45, 7) is 0.363. The van der Waals surface area contributed by atoms with E-state index in [2.05, 4.69) is 11.8 Å². The van der Waals surface area contributed by atoms with E-state index in [1.54, 1.807) is 19.1 Å². The van der Waals surface area contributed by atoms with Gasteiger partial charge in [-0.1, -0.05) is 17.9 Å². The van der Waals surface area contributed by atoms with Gasteiger partial charge in [0.25, 0.3) is 6.43 Å². The first-order chi connectivity index (χ1) is 9.28. The van der Waals surface area contributed by atoms with Crippen LogP contribution >= 0.6 is 0 Å². The minimum absolute atomic E-state index is 0.0645. The lowest BCUT2D eigenvalue weighted by Crippen LogP contribution is -2.31. The molecule has 0 saturated heterocycles. The molecule has 110 valence electrons. The average molecular weight is 303 g/mol. The number of alkyl halides is 2. The Bertz CT molecular complexity index is 633. The number of aliphatic hydroxyl groups excluding tert-OH is 1. The first-order valence-electron chi connectivity index (χ1n) is 5.74. The SMILES string of the molecule is Cc1ccc(C#CCO)cc1S(=O)(=O)N(C)CC(F)F. The molecule has 0 amide bonds. The van der Waals surface area contributed by atoms with E-state index in [0.29, 0.717) is 15.4 Å². The van der Waals surface area contributed by atoms with Crippen molar-refractivity contribution in [1.29, 1.82) is 0 Å². The van der Waals surface area contributed by atoms with Crippen molar-refractivity contribution in [2.75, 3.05) is 20.2 Å². The summed E-state index contributed by atoms with van der Waals surface area (Å²) in [6, 6.07) is 4.46. The van der Waals surface area contributed by atoms with Crippen LogP contribution in [0.3, 0.4) is 0 Å². The minimum Gasteiger partial charge on any atom is -0.384 e. The Morgan fingerprint density at radius 1 is 1.40 bits per heavy atom. The Hall–Kier alpha value is -1.49. The number of benzene rings is 1. The lowest BCUT2D eigenvalue weighted by atomic mass is 10.1. The van der Waals surface area contributed by atoms with Gasteiger partial charge in [0.2, 0.25) is 10.0 Å². The number of sulfonamides is 1. The van der Waals surface area contributed by atoms with Crippen LogP contribution in [0.25, 0.3) is 0 Å². The number of aliphatic hydroxyl groups is 1. The quantitative estimate of drug-likeness (QED) is 0.851. The smallest absolute Gasteiger partial charge is 0.252 e. The number of hydrogen-bond acceptors (Lipinski definition) is 3. The molecule has 1 aromatic rings. The molecule has 0 bridgehead atoms. The van der Waals surface area contributed by atoms with Crippen LogP contribution in [0.4, 0.5) is 8.78 Å². The molecule has 1 aromatic carbocycles. The Morgan fingerprint density at radius 3 is 2.60 bits per heavy atom. The predicted molar refractivity (Wildman–Crippen MR) is 71.0 cm³/mol. The number of aryl methyl sites for hydroxylation is 1. The van der Waals surface area contributed by atoms with Crippen molar-refractivity contribution in [3.8, 4) is 11.8 Å². The number of hydrogen-bond donors (Lipinski definition) is 1. The second-order valence-corrected chi connectivity index (χ2v) is 6.13. The zero-order chi connectivity index (χ0) is 15.3. The highest BCUT2D eigenvalue weighted by molar-refractivity contribution is 7.89. The Labute approximate surface area is 117 Å². The monoisotopic (exact) mass is 303 g/mol. The molecule has 4 nitrogen and oxygen atoms in total. The number of halogens is 2. The van der Waals surface area contributed by atoms with Gasteiger partial charge >= 0.3 is 0 Å². The highest BCUT2D eigenvalue weighted by atomic mass is 32.2. The molecule has 0 aliphatic rings. The van der Waals surface area contributed by atoms with Crippen LogP contribution in [0.5, 0.6) is 0 Å². The van der Waals surface area contributed by atoms with Gasteiger partial charge < -0.3 is 5.11 Å². The molecule has 0 heterocycles. The molecular weight excluding hydrogens is 288 g/mol. The summed E-state index contributed by atoms with van der Waals surface area (Å²) in [6.07, 6.45) is -2.74. The first-order valence-corrected chi connectivity index (χ1v) is 7.18. The molecule has 0 saturated carbocycles. The molecular formula is C13H15F2NO3S. The molecule has 0 aliphatic heterocycles. The standard InChI is InChI=1S/C13H15F2NO3S/c1-10-5-6-11(4-3-7-17)8-12(10)20(18,19)16(2)9-13(14)15/h5-6,8,13,17H,7,9H2,1-2H3. The van der Waals surface area contributed by atoms with E-state index in [1.165, 1.54) is 6.07 Å². The lowest BCUT2D eigenvalue weighted by molar-refractivity contribution is 0.126. The molecule has 0 aromatic heterocycles. The van der Waals surface area contributed by atoms with Crippen molar-refractivity contribution in [3.63, 3.8) is 0 Å². The molecule has 0 aliphatic carbocycles. The van der Waals surface area contributed by atoms with Crippen LogP contribution in [-0.2, 0) is 10.0 Å². The topological polar surface area (TPSA) is 57.6 Å². The Balaban J connectivity index is 3.23. The molecule has 0 atom stereocenters. The maximum atomic E-state index is 12.3. The second kappa shape index (κ2) is 6.79. The molecule has 0 unspecified atom stereocenters. The van der Waals surface area contributed by atoms with E-state index in [1.807, 2.05) is 0 Å². The van der Waals surface area contributed by atoms with Crippen molar-refractivity contribution in [1.82, 2.24) is 4.31 Å². The van der Waals surface area contributed by atoms with E-state index < -0.39 is 23.0 Å². The van der Waals surface area contributed by atoms with Crippen LogP contribution in [0.2, 0.25) is 0 Å². The third-order valence-electron chi connectivity index (χ3n) is 2.58. The van der Waals surface area contributed by atoms with Gasteiger partial charge in [-0.3, -0.25) is 0 Å². The van der Waals surface area contributed by atoms with Crippen molar-refractivity contribution >= 4 is 10.0 Å². The number of nitrogens with zero attached hydrogens (tertiary/aromatic N) is 1. The molecule has 0 radical (unpaired) electrons. The normalized spacial score (nSPS) is 11.6. The summed E-state index contributed by atoms with van der Waals surface area (Å²) in [5.41, 5.74) is 0.842. The van der Waals surface area contributed by atoms with Gasteiger partial charge in [-0.05, 0) is 24.6 Å². The predicted octanol–water partition coefficient (Wildman–Crippen LogP) is 1.22. The van der Waals surface area contributed by atoms with Gasteiger partial charge in [0.1, 0.15) is 6.61 Å². The van der Waals surface area contributed by atoms with Crippen LogP contribution < -0.4 is 0 Å². The summed E-state index contributed by atoms with van der Waals surface area (Å²) >= 11 is 0. The van der Waals surface area contributed by atoms with Gasteiger partial charge in [-0.2, -0.15) is 4.31 Å². The van der Waals surface area contributed by atoms with Gasteiger partial charge in [0, 0.05) is 12.6 Å². The molecule has 7 heteroatoms. The minimum atomic E-state index is -3.99. The van der Waals surface area contributed by atoms with Gasteiger partial charge in [-0.15, -0.1) is 0 Å². The second-order valence-electron chi connectivity index (χ2n) is 4.12. The fourth-order valence-electron chi connectivity index (χ4n) is 1.56. The van der Waals surface area contributed by atoms with Crippen molar-refractivity contribution in [2.24, 2.45) is 0 Å². The fourth-order valence-corrected chi connectivity index (χ4v) is 2.95. The van der Waals surface area contributed by atoms with Crippen LogP contribution in [0.1, 0.15) is 11.1 Å². The van der Waals surface area contributed by atoms with E-state index in [0.717, 1.165) is 7.05 Å². The van der Waals surface area contributed by atoms with Crippen LogP contribution in [-0.4, -0.2) is 44.5 Å².